The molecule has 2 heterocycles. The molecule has 0 aliphatic carbocycles. The van der Waals surface area contributed by atoms with Crippen molar-refractivity contribution in [3.8, 4) is 22.6 Å². The van der Waals surface area contributed by atoms with Gasteiger partial charge in [0, 0.05) is 17.5 Å². The van der Waals surface area contributed by atoms with Gasteiger partial charge in [0.2, 0.25) is 0 Å². The van der Waals surface area contributed by atoms with Crippen molar-refractivity contribution in [1.29, 1.82) is 0 Å². The van der Waals surface area contributed by atoms with E-state index in [-0.39, 0.29) is 11.7 Å². The third-order valence-corrected chi connectivity index (χ3v) is 6.02. The Morgan fingerprint density at radius 1 is 0.857 bits per heavy atom. The fourth-order valence-electron chi connectivity index (χ4n) is 4.15. The highest BCUT2D eigenvalue weighted by molar-refractivity contribution is 5.98. The predicted octanol–water partition coefficient (Wildman–Crippen LogP) is 5.84. The number of aromatic amines is 2. The molecule has 35 heavy (non-hydrogen) atoms. The average Bonchev–Trinajstić information content (AvgIpc) is 3.51. The number of imidazole rings is 1. The van der Waals surface area contributed by atoms with E-state index >= 15 is 0 Å². The molecule has 0 saturated heterocycles. The Bertz CT molecular complexity index is 1670. The van der Waals surface area contributed by atoms with Crippen LogP contribution in [0.3, 0.4) is 0 Å². The van der Waals surface area contributed by atoms with Gasteiger partial charge in [0.1, 0.15) is 11.5 Å². The van der Waals surface area contributed by atoms with Crippen molar-refractivity contribution >= 4 is 27.8 Å². The molecule has 0 unspecified atom stereocenters. The van der Waals surface area contributed by atoms with Crippen molar-refractivity contribution in [1.82, 2.24) is 25.5 Å². The first kappa shape index (κ1) is 20.8. The summed E-state index contributed by atoms with van der Waals surface area (Å²) in [6.07, 6.45) is 0. The van der Waals surface area contributed by atoms with E-state index in [2.05, 4.69) is 25.5 Å². The standard InChI is InChI=1S/C28H20FN5O/c29-21-12-9-19(10-13-21)18-7-5-17(6-8-18)16-30-28(35)20-11-14-24-25(15-20)32-27(31-24)26-22-3-1-2-4-23(22)33-34-26/h1-15H,16H2,(H,30,35)(H,31,32)(H,33,34). The van der Waals surface area contributed by atoms with Crippen molar-refractivity contribution in [2.75, 3.05) is 0 Å². The summed E-state index contributed by atoms with van der Waals surface area (Å²) in [5, 5.41) is 11.4. The van der Waals surface area contributed by atoms with Gasteiger partial charge in [-0.05, 0) is 53.1 Å². The molecule has 0 saturated carbocycles. The molecule has 0 spiro atoms. The molecule has 1 amide bonds. The van der Waals surface area contributed by atoms with Crippen molar-refractivity contribution in [3.63, 3.8) is 0 Å². The van der Waals surface area contributed by atoms with Crippen LogP contribution in [-0.2, 0) is 6.54 Å². The van der Waals surface area contributed by atoms with E-state index in [1.165, 1.54) is 12.1 Å². The topological polar surface area (TPSA) is 86.5 Å². The number of para-hydroxylation sites is 1. The molecule has 6 nitrogen and oxygen atoms in total. The minimum atomic E-state index is -0.257. The zero-order chi connectivity index (χ0) is 23.8. The van der Waals surface area contributed by atoms with Gasteiger partial charge in [0.05, 0.1) is 16.6 Å². The van der Waals surface area contributed by atoms with Gasteiger partial charge >= 0.3 is 0 Å². The summed E-state index contributed by atoms with van der Waals surface area (Å²) < 4.78 is 13.1. The number of hydrogen-bond donors (Lipinski definition) is 3. The number of benzene rings is 4. The minimum absolute atomic E-state index is 0.170. The van der Waals surface area contributed by atoms with Crippen molar-refractivity contribution in [2.45, 2.75) is 6.54 Å². The zero-order valence-corrected chi connectivity index (χ0v) is 18.5. The SMILES string of the molecule is O=C(NCc1ccc(-c2ccc(F)cc2)cc1)c1ccc2nc(-c3n[nH]c4ccccc34)[nH]c2c1. The molecular formula is C28H20FN5O. The maximum atomic E-state index is 13.1. The van der Waals surface area contributed by atoms with Gasteiger partial charge < -0.3 is 10.3 Å². The minimum Gasteiger partial charge on any atom is -0.348 e. The van der Waals surface area contributed by atoms with Crippen LogP contribution >= 0.6 is 0 Å². The van der Waals surface area contributed by atoms with Gasteiger partial charge in [-0.25, -0.2) is 9.37 Å². The normalized spacial score (nSPS) is 11.2. The lowest BCUT2D eigenvalue weighted by Gasteiger charge is -2.07. The lowest BCUT2D eigenvalue weighted by Crippen LogP contribution is -2.22. The van der Waals surface area contributed by atoms with Crippen molar-refractivity contribution in [2.24, 2.45) is 0 Å². The lowest BCUT2D eigenvalue weighted by molar-refractivity contribution is 0.0951. The molecule has 7 heteroatoms. The molecule has 170 valence electrons. The molecule has 4 aromatic carbocycles. The molecule has 0 aliphatic rings. The van der Waals surface area contributed by atoms with E-state index in [0.29, 0.717) is 17.9 Å². The van der Waals surface area contributed by atoms with Crippen LogP contribution in [0.5, 0.6) is 0 Å². The molecule has 0 radical (unpaired) electrons. The van der Waals surface area contributed by atoms with E-state index in [4.69, 9.17) is 0 Å². The Labute approximate surface area is 199 Å². The van der Waals surface area contributed by atoms with Crippen LogP contribution in [0.4, 0.5) is 4.39 Å². The maximum Gasteiger partial charge on any atom is 0.251 e. The Hall–Kier alpha value is -4.78. The van der Waals surface area contributed by atoms with Gasteiger partial charge in [0.15, 0.2) is 5.82 Å². The number of H-pyrrole nitrogens is 2. The number of fused-ring (bicyclic) bond motifs is 2. The molecular weight excluding hydrogens is 441 g/mol. The van der Waals surface area contributed by atoms with Gasteiger partial charge in [-0.1, -0.05) is 54.6 Å². The van der Waals surface area contributed by atoms with E-state index < -0.39 is 0 Å². The third kappa shape index (κ3) is 4.04. The summed E-state index contributed by atoms with van der Waals surface area (Å²) in [5.74, 6) is 0.222. The van der Waals surface area contributed by atoms with Crippen molar-refractivity contribution < 1.29 is 9.18 Å². The summed E-state index contributed by atoms with van der Waals surface area (Å²) >= 11 is 0. The summed E-state index contributed by atoms with van der Waals surface area (Å²) in [7, 11) is 0. The number of aromatic nitrogens is 4. The van der Waals surface area contributed by atoms with Crippen LogP contribution < -0.4 is 5.32 Å². The molecule has 6 rings (SSSR count). The second-order valence-electron chi connectivity index (χ2n) is 8.32. The van der Waals surface area contributed by atoms with Gasteiger partial charge in [-0.3, -0.25) is 9.89 Å². The van der Waals surface area contributed by atoms with Crippen LogP contribution in [0.25, 0.3) is 44.6 Å². The first-order valence-electron chi connectivity index (χ1n) is 11.2. The number of nitrogens with one attached hydrogen (secondary N) is 3. The summed E-state index contributed by atoms with van der Waals surface area (Å²) in [4.78, 5) is 20.7. The Kier molecular flexibility index (Phi) is 5.07. The second-order valence-corrected chi connectivity index (χ2v) is 8.32. The fourth-order valence-corrected chi connectivity index (χ4v) is 4.15. The summed E-state index contributed by atoms with van der Waals surface area (Å²) in [5.41, 5.74) is 6.66. The van der Waals surface area contributed by atoms with Gasteiger partial charge in [0.25, 0.3) is 5.91 Å². The highest BCUT2D eigenvalue weighted by Crippen LogP contribution is 2.26. The lowest BCUT2D eigenvalue weighted by atomic mass is 10.0. The van der Waals surface area contributed by atoms with Crippen LogP contribution in [0, 0.1) is 5.82 Å². The van der Waals surface area contributed by atoms with Gasteiger partial charge in [-0.2, -0.15) is 5.10 Å². The van der Waals surface area contributed by atoms with E-state index in [1.54, 1.807) is 24.3 Å². The van der Waals surface area contributed by atoms with Crippen LogP contribution in [0.2, 0.25) is 0 Å². The number of nitrogens with zero attached hydrogens (tertiary/aromatic N) is 2. The van der Waals surface area contributed by atoms with Crippen LogP contribution in [-0.4, -0.2) is 26.1 Å². The number of hydrogen-bond acceptors (Lipinski definition) is 3. The molecule has 2 aromatic heterocycles. The Balaban J connectivity index is 1.17. The monoisotopic (exact) mass is 461 g/mol. The van der Waals surface area contributed by atoms with Crippen LogP contribution in [0.15, 0.2) is 91.0 Å². The largest absolute Gasteiger partial charge is 0.348 e. The number of halogens is 1. The number of carbonyl (C=O) groups is 1. The fraction of sp³-hybridized carbons (Fsp3) is 0.0357. The first-order valence-corrected chi connectivity index (χ1v) is 11.2. The molecule has 0 fully saturated rings. The average molecular weight is 462 g/mol. The smallest absolute Gasteiger partial charge is 0.251 e. The number of carbonyl (C=O) groups excluding carboxylic acids is 1. The van der Waals surface area contributed by atoms with Gasteiger partial charge in [-0.15, -0.1) is 0 Å². The Morgan fingerprint density at radius 2 is 1.60 bits per heavy atom. The number of amides is 1. The van der Waals surface area contributed by atoms with Crippen LogP contribution in [0.1, 0.15) is 15.9 Å². The zero-order valence-electron chi connectivity index (χ0n) is 18.5. The van der Waals surface area contributed by atoms with Crippen molar-refractivity contribution in [3.05, 3.63) is 108 Å². The predicted molar refractivity (Wildman–Crippen MR) is 134 cm³/mol. The molecule has 6 aromatic rings. The highest BCUT2D eigenvalue weighted by atomic mass is 19.1. The summed E-state index contributed by atoms with van der Waals surface area (Å²) in [6.45, 7) is 0.397. The summed E-state index contributed by atoms with van der Waals surface area (Å²) in [6, 6.07) is 27.5. The molecule has 0 bridgehead atoms. The highest BCUT2D eigenvalue weighted by Gasteiger charge is 2.14. The quantitative estimate of drug-likeness (QED) is 0.301. The third-order valence-electron chi connectivity index (χ3n) is 6.02. The maximum absolute atomic E-state index is 13.1. The van der Waals surface area contributed by atoms with E-state index in [0.717, 1.165) is 44.3 Å². The first-order chi connectivity index (χ1) is 17.1. The van der Waals surface area contributed by atoms with E-state index in [1.807, 2.05) is 54.6 Å². The molecule has 3 N–H and O–H groups in total. The van der Waals surface area contributed by atoms with E-state index in [9.17, 15) is 9.18 Å². The molecule has 0 aliphatic heterocycles. The molecule has 0 atom stereocenters. The Morgan fingerprint density at radius 3 is 2.40 bits per heavy atom. The second kappa shape index (κ2) is 8.53. The number of rotatable bonds is 5.